The molecule has 0 fully saturated rings. The summed E-state index contributed by atoms with van der Waals surface area (Å²) in [4.78, 5) is 41.3. The van der Waals surface area contributed by atoms with Gasteiger partial charge in [0.1, 0.15) is 6.54 Å². The van der Waals surface area contributed by atoms with Gasteiger partial charge < -0.3 is 5.32 Å². The Bertz CT molecular complexity index is 1000. The monoisotopic (exact) mass is 390 g/mol. The van der Waals surface area contributed by atoms with Gasteiger partial charge in [-0.3, -0.25) is 19.5 Å². The maximum atomic E-state index is 12.4. The van der Waals surface area contributed by atoms with E-state index in [9.17, 15) is 14.4 Å². The quantitative estimate of drug-likeness (QED) is 0.698. The first kappa shape index (κ1) is 18.1. The van der Waals surface area contributed by atoms with Gasteiger partial charge in [-0.05, 0) is 36.1 Å². The zero-order valence-corrected chi connectivity index (χ0v) is 15.1. The van der Waals surface area contributed by atoms with Gasteiger partial charge in [0.2, 0.25) is 5.91 Å². The number of halogens is 1. The number of imide groups is 1. The van der Waals surface area contributed by atoms with Crippen LogP contribution >= 0.6 is 22.9 Å². The molecule has 3 rings (SSSR count). The predicted molar refractivity (Wildman–Crippen MR) is 101 cm³/mol. The van der Waals surface area contributed by atoms with Crippen molar-refractivity contribution in [2.24, 2.45) is 0 Å². The molecule has 26 heavy (non-hydrogen) atoms. The number of benzene rings is 1. The van der Waals surface area contributed by atoms with E-state index < -0.39 is 11.9 Å². The standard InChI is InChI=1S/C17H15ClN4O3S/c18-11-3-4-13-14(8-11)20-10-22(16(13)24)9-15(23)21-17(25)19-6-5-12-2-1-7-26-12/h1-4,7-8,10H,5-6,9H2,(H2,19,21,23,25). The smallest absolute Gasteiger partial charge is 0.321 e. The number of carbonyl (C=O) groups excluding carboxylic acids is 2. The normalized spacial score (nSPS) is 10.7. The molecule has 134 valence electrons. The number of urea groups is 1. The molecule has 0 saturated heterocycles. The van der Waals surface area contributed by atoms with Crippen molar-refractivity contribution in [3.8, 4) is 0 Å². The summed E-state index contributed by atoms with van der Waals surface area (Å²) < 4.78 is 1.14. The van der Waals surface area contributed by atoms with Crippen molar-refractivity contribution < 1.29 is 9.59 Å². The van der Waals surface area contributed by atoms with Crippen molar-refractivity contribution in [3.05, 3.63) is 62.3 Å². The van der Waals surface area contributed by atoms with Crippen LogP contribution in [-0.4, -0.2) is 28.0 Å². The summed E-state index contributed by atoms with van der Waals surface area (Å²) in [7, 11) is 0. The summed E-state index contributed by atoms with van der Waals surface area (Å²) in [6.45, 7) is 0.112. The summed E-state index contributed by atoms with van der Waals surface area (Å²) in [6, 6.07) is 8.02. The first-order chi connectivity index (χ1) is 12.5. The number of nitrogens with one attached hydrogen (secondary N) is 2. The van der Waals surface area contributed by atoms with Crippen molar-refractivity contribution in [1.29, 1.82) is 0 Å². The Kier molecular flexibility index (Phi) is 5.65. The lowest BCUT2D eigenvalue weighted by atomic mass is 10.2. The number of rotatable bonds is 5. The van der Waals surface area contributed by atoms with Crippen LogP contribution in [0.4, 0.5) is 4.79 Å². The van der Waals surface area contributed by atoms with Gasteiger partial charge in [0.05, 0.1) is 17.2 Å². The Morgan fingerprint density at radius 3 is 2.88 bits per heavy atom. The number of amides is 3. The molecule has 7 nitrogen and oxygen atoms in total. The zero-order valence-electron chi connectivity index (χ0n) is 13.6. The highest BCUT2D eigenvalue weighted by Crippen LogP contribution is 2.14. The number of fused-ring (bicyclic) bond motifs is 1. The summed E-state index contributed by atoms with van der Waals surface area (Å²) >= 11 is 7.47. The van der Waals surface area contributed by atoms with Crippen LogP contribution in [-0.2, 0) is 17.8 Å². The largest absolute Gasteiger partial charge is 0.337 e. The molecule has 0 bridgehead atoms. The van der Waals surface area contributed by atoms with E-state index in [-0.39, 0.29) is 12.1 Å². The van der Waals surface area contributed by atoms with E-state index in [0.717, 1.165) is 9.44 Å². The second kappa shape index (κ2) is 8.11. The van der Waals surface area contributed by atoms with Crippen molar-refractivity contribution >= 4 is 45.8 Å². The van der Waals surface area contributed by atoms with E-state index in [2.05, 4.69) is 15.6 Å². The minimum absolute atomic E-state index is 0.303. The molecule has 9 heteroatoms. The Labute approximate surface area is 157 Å². The topological polar surface area (TPSA) is 93.1 Å². The molecule has 2 N–H and O–H groups in total. The lowest BCUT2D eigenvalue weighted by Gasteiger charge is -2.08. The van der Waals surface area contributed by atoms with E-state index in [1.165, 1.54) is 6.33 Å². The van der Waals surface area contributed by atoms with Crippen LogP contribution in [0.2, 0.25) is 5.02 Å². The highest BCUT2D eigenvalue weighted by atomic mass is 35.5. The summed E-state index contributed by atoms with van der Waals surface area (Å²) in [5.74, 6) is -0.601. The predicted octanol–water partition coefficient (Wildman–Crippen LogP) is 2.18. The fourth-order valence-corrected chi connectivity index (χ4v) is 3.24. The molecule has 2 aromatic heterocycles. The van der Waals surface area contributed by atoms with E-state index in [1.807, 2.05) is 17.5 Å². The first-order valence-electron chi connectivity index (χ1n) is 7.78. The average molecular weight is 391 g/mol. The van der Waals surface area contributed by atoms with Crippen molar-refractivity contribution in [2.75, 3.05) is 6.54 Å². The molecule has 0 unspecified atom stereocenters. The van der Waals surface area contributed by atoms with Gasteiger partial charge in [-0.1, -0.05) is 17.7 Å². The molecule has 0 aliphatic heterocycles. The van der Waals surface area contributed by atoms with Gasteiger partial charge in [-0.25, -0.2) is 9.78 Å². The van der Waals surface area contributed by atoms with Gasteiger partial charge in [-0.2, -0.15) is 0 Å². The number of nitrogens with zero attached hydrogens (tertiary/aromatic N) is 2. The van der Waals surface area contributed by atoms with Crippen molar-refractivity contribution in [3.63, 3.8) is 0 Å². The lowest BCUT2D eigenvalue weighted by Crippen LogP contribution is -2.42. The first-order valence-corrected chi connectivity index (χ1v) is 9.03. The maximum absolute atomic E-state index is 12.4. The molecular formula is C17H15ClN4O3S. The SMILES string of the molecule is O=C(Cn1cnc2cc(Cl)ccc2c1=O)NC(=O)NCCc1cccs1. The number of aromatic nitrogens is 2. The van der Waals surface area contributed by atoms with Crippen LogP contribution in [0.1, 0.15) is 4.88 Å². The minimum Gasteiger partial charge on any atom is -0.337 e. The molecule has 0 spiro atoms. The molecular weight excluding hydrogens is 376 g/mol. The van der Waals surface area contributed by atoms with E-state index in [0.29, 0.717) is 28.9 Å². The molecule has 1 aromatic carbocycles. The summed E-state index contributed by atoms with van der Waals surface area (Å²) in [6.07, 6.45) is 1.95. The fraction of sp³-hybridized carbons (Fsp3) is 0.176. The number of carbonyl (C=O) groups is 2. The third-order valence-electron chi connectivity index (χ3n) is 3.59. The zero-order chi connectivity index (χ0) is 18.5. The van der Waals surface area contributed by atoms with Crippen molar-refractivity contribution in [1.82, 2.24) is 20.2 Å². The van der Waals surface area contributed by atoms with Crippen LogP contribution < -0.4 is 16.2 Å². The van der Waals surface area contributed by atoms with Gasteiger partial charge in [-0.15, -0.1) is 11.3 Å². The van der Waals surface area contributed by atoms with Crippen molar-refractivity contribution in [2.45, 2.75) is 13.0 Å². The molecule has 2 heterocycles. The van der Waals surface area contributed by atoms with E-state index in [4.69, 9.17) is 11.6 Å². The fourth-order valence-electron chi connectivity index (χ4n) is 2.36. The second-order valence-electron chi connectivity index (χ2n) is 5.47. The lowest BCUT2D eigenvalue weighted by molar-refractivity contribution is -0.120. The number of hydrogen-bond donors (Lipinski definition) is 2. The molecule has 3 amide bonds. The third-order valence-corrected chi connectivity index (χ3v) is 4.76. The van der Waals surface area contributed by atoms with Gasteiger partial charge in [0, 0.05) is 16.4 Å². The Morgan fingerprint density at radius 2 is 2.12 bits per heavy atom. The van der Waals surface area contributed by atoms with E-state index >= 15 is 0 Å². The maximum Gasteiger partial charge on any atom is 0.321 e. The highest BCUT2D eigenvalue weighted by molar-refractivity contribution is 7.09. The van der Waals surface area contributed by atoms with Crippen LogP contribution in [0.3, 0.4) is 0 Å². The van der Waals surface area contributed by atoms with Gasteiger partial charge in [0.15, 0.2) is 0 Å². The molecule has 0 atom stereocenters. The van der Waals surface area contributed by atoms with Crippen LogP contribution in [0, 0.1) is 0 Å². The molecule has 0 aliphatic carbocycles. The molecule has 3 aromatic rings. The summed E-state index contributed by atoms with van der Waals surface area (Å²) in [5.41, 5.74) is 0.0744. The molecule has 0 aliphatic rings. The minimum atomic E-state index is -0.601. The number of thiophene rings is 1. The Morgan fingerprint density at radius 1 is 1.27 bits per heavy atom. The Hall–Kier alpha value is -2.71. The van der Waals surface area contributed by atoms with Crippen LogP contribution in [0.25, 0.3) is 10.9 Å². The Balaban J connectivity index is 1.56. The number of hydrogen-bond acceptors (Lipinski definition) is 5. The van der Waals surface area contributed by atoms with Crippen LogP contribution in [0.15, 0.2) is 46.8 Å². The molecule has 0 radical (unpaired) electrons. The van der Waals surface area contributed by atoms with E-state index in [1.54, 1.807) is 29.5 Å². The van der Waals surface area contributed by atoms with Crippen LogP contribution in [0.5, 0.6) is 0 Å². The highest BCUT2D eigenvalue weighted by Gasteiger charge is 2.11. The summed E-state index contributed by atoms with van der Waals surface area (Å²) in [5, 5.41) is 7.59. The molecule has 0 saturated carbocycles. The third kappa shape index (κ3) is 4.47. The second-order valence-corrected chi connectivity index (χ2v) is 6.94. The average Bonchev–Trinajstić information content (AvgIpc) is 3.10. The van der Waals surface area contributed by atoms with Gasteiger partial charge >= 0.3 is 6.03 Å². The van der Waals surface area contributed by atoms with Gasteiger partial charge in [0.25, 0.3) is 5.56 Å².